The first-order valence-electron chi connectivity index (χ1n) is 6.59. The summed E-state index contributed by atoms with van der Waals surface area (Å²) in [7, 11) is -3.64. The number of halogens is 1. The summed E-state index contributed by atoms with van der Waals surface area (Å²) in [4.78, 5) is 0.233. The number of hydrogen-bond donors (Lipinski definition) is 1. The van der Waals surface area contributed by atoms with E-state index < -0.39 is 10.0 Å². The van der Waals surface area contributed by atoms with Gasteiger partial charge in [0.15, 0.2) is 5.17 Å². The molecule has 4 nitrogen and oxygen atoms in total. The van der Waals surface area contributed by atoms with Crippen LogP contribution in [0.4, 0.5) is 5.69 Å². The van der Waals surface area contributed by atoms with Crippen molar-refractivity contribution in [2.24, 2.45) is 4.40 Å². The van der Waals surface area contributed by atoms with Gasteiger partial charge in [0.1, 0.15) is 4.90 Å². The van der Waals surface area contributed by atoms with E-state index in [9.17, 15) is 8.42 Å². The number of thioether (sulfide) groups is 1. The van der Waals surface area contributed by atoms with Crippen LogP contribution < -0.4 is 5.32 Å². The minimum Gasteiger partial charge on any atom is -0.333 e. The number of fused-ring (bicyclic) bond motifs is 1. The van der Waals surface area contributed by atoms with E-state index in [0.29, 0.717) is 10.9 Å². The molecule has 1 N–H and O–H groups in total. The molecule has 0 saturated heterocycles. The van der Waals surface area contributed by atoms with Crippen molar-refractivity contribution in [1.29, 1.82) is 0 Å². The average Bonchev–Trinajstić information content (AvgIpc) is 2.48. The van der Waals surface area contributed by atoms with Crippen LogP contribution in [0, 0.1) is 3.57 Å². The summed E-state index contributed by atoms with van der Waals surface area (Å²) in [5.74, 6) is 0. The smallest absolute Gasteiger partial charge is 0.286 e. The van der Waals surface area contributed by atoms with Crippen molar-refractivity contribution in [2.75, 3.05) is 5.32 Å². The molecule has 2 aromatic carbocycles. The van der Waals surface area contributed by atoms with E-state index in [1.54, 1.807) is 12.1 Å². The Morgan fingerprint density at radius 3 is 2.64 bits per heavy atom. The van der Waals surface area contributed by atoms with Crippen molar-refractivity contribution in [3.05, 3.63) is 57.7 Å². The van der Waals surface area contributed by atoms with Crippen LogP contribution >= 0.6 is 34.4 Å². The van der Waals surface area contributed by atoms with Crippen LogP contribution in [0.25, 0.3) is 0 Å². The highest BCUT2D eigenvalue weighted by Gasteiger charge is 2.26. The molecule has 1 aliphatic heterocycles. The van der Waals surface area contributed by atoms with Gasteiger partial charge < -0.3 is 5.32 Å². The number of nitrogens with one attached hydrogen (secondary N) is 1. The zero-order chi connectivity index (χ0) is 15.7. The number of nitrogens with zero attached hydrogens (tertiary/aromatic N) is 1. The lowest BCUT2D eigenvalue weighted by Gasteiger charge is -2.20. The van der Waals surface area contributed by atoms with Gasteiger partial charge in [0.25, 0.3) is 10.0 Å². The Bertz CT molecular complexity index is 836. The summed E-state index contributed by atoms with van der Waals surface area (Å²) in [6, 6.07) is 15.2. The number of rotatable bonds is 2. The minimum absolute atomic E-state index is 0.105. The zero-order valence-electron chi connectivity index (χ0n) is 11.7. The molecule has 0 spiro atoms. The van der Waals surface area contributed by atoms with Crippen molar-refractivity contribution in [3.63, 3.8) is 0 Å². The van der Waals surface area contributed by atoms with Gasteiger partial charge in [-0.05, 0) is 53.3 Å². The average molecular weight is 444 g/mol. The van der Waals surface area contributed by atoms with Crippen molar-refractivity contribution in [3.8, 4) is 0 Å². The normalized spacial score (nSPS) is 17.1. The second-order valence-electron chi connectivity index (χ2n) is 4.81. The summed E-state index contributed by atoms with van der Waals surface area (Å²) in [5.41, 5.74) is 1.71. The zero-order valence-corrected chi connectivity index (χ0v) is 15.4. The highest BCUT2D eigenvalue weighted by atomic mass is 127. The van der Waals surface area contributed by atoms with E-state index in [1.165, 1.54) is 11.8 Å². The van der Waals surface area contributed by atoms with Gasteiger partial charge in [-0.15, -0.1) is 4.40 Å². The molecular weight excluding hydrogens is 431 g/mol. The Morgan fingerprint density at radius 2 is 1.91 bits per heavy atom. The van der Waals surface area contributed by atoms with Crippen molar-refractivity contribution < 1.29 is 8.42 Å². The first kappa shape index (κ1) is 15.8. The van der Waals surface area contributed by atoms with Crippen LogP contribution in [0.2, 0.25) is 0 Å². The van der Waals surface area contributed by atoms with Gasteiger partial charge in [0.2, 0.25) is 0 Å². The highest BCUT2D eigenvalue weighted by molar-refractivity contribution is 14.1. The van der Waals surface area contributed by atoms with E-state index in [-0.39, 0.29) is 10.1 Å². The van der Waals surface area contributed by atoms with Gasteiger partial charge in [-0.25, -0.2) is 0 Å². The molecule has 22 heavy (non-hydrogen) atoms. The molecule has 7 heteroatoms. The topological polar surface area (TPSA) is 58.5 Å². The second kappa shape index (κ2) is 6.21. The van der Waals surface area contributed by atoms with E-state index in [0.717, 1.165) is 9.13 Å². The van der Waals surface area contributed by atoms with Gasteiger partial charge in [0.05, 0.1) is 5.69 Å². The number of hydrogen-bond acceptors (Lipinski definition) is 4. The van der Waals surface area contributed by atoms with Crippen molar-refractivity contribution in [2.45, 2.75) is 17.1 Å². The predicted octanol–water partition coefficient (Wildman–Crippen LogP) is 4.26. The second-order valence-corrected chi connectivity index (χ2v) is 8.96. The number of amidine groups is 1. The number of anilines is 1. The summed E-state index contributed by atoms with van der Waals surface area (Å²) in [6.45, 7) is 2.03. The third-order valence-corrected chi connectivity index (χ3v) is 6.37. The van der Waals surface area contributed by atoms with E-state index >= 15 is 0 Å². The first-order chi connectivity index (χ1) is 10.5. The van der Waals surface area contributed by atoms with Crippen LogP contribution in [-0.4, -0.2) is 13.6 Å². The highest BCUT2D eigenvalue weighted by Crippen LogP contribution is 2.35. The quantitative estimate of drug-likeness (QED) is 0.704. The van der Waals surface area contributed by atoms with E-state index in [2.05, 4.69) is 32.3 Å². The van der Waals surface area contributed by atoms with Gasteiger partial charge in [-0.3, -0.25) is 0 Å². The van der Waals surface area contributed by atoms with E-state index in [1.807, 2.05) is 43.3 Å². The fraction of sp³-hybridized carbons (Fsp3) is 0.133. The maximum Gasteiger partial charge on any atom is 0.286 e. The molecule has 2 aromatic rings. The lowest BCUT2D eigenvalue weighted by atomic mass is 10.2. The molecule has 1 aliphatic rings. The third-order valence-electron chi connectivity index (χ3n) is 3.22. The lowest BCUT2D eigenvalue weighted by molar-refractivity contribution is 0.598. The van der Waals surface area contributed by atoms with Gasteiger partial charge >= 0.3 is 0 Å². The van der Waals surface area contributed by atoms with Crippen molar-refractivity contribution >= 4 is 55.2 Å². The van der Waals surface area contributed by atoms with Crippen LogP contribution in [0.3, 0.4) is 0 Å². The Hall–Kier alpha value is -1.06. The summed E-state index contributed by atoms with van der Waals surface area (Å²) in [6.07, 6.45) is 0. The molecular formula is C15H13IN2O2S2. The number of benzene rings is 2. The monoisotopic (exact) mass is 444 g/mol. The van der Waals surface area contributed by atoms with Gasteiger partial charge in [-0.2, -0.15) is 8.42 Å². The molecule has 1 heterocycles. The molecule has 3 rings (SSSR count). The summed E-state index contributed by atoms with van der Waals surface area (Å²) in [5, 5.41) is 3.62. The standard InChI is InChI=1S/C15H13IN2O2S2/c1-10(11-5-3-2-4-6-11)21-15-17-13-8-7-12(16)9-14(13)22(19,20)18-15/h2-10H,1H3,(H,17,18). The van der Waals surface area contributed by atoms with E-state index in [4.69, 9.17) is 0 Å². The Kier molecular flexibility index (Phi) is 4.47. The minimum atomic E-state index is -3.64. The predicted molar refractivity (Wildman–Crippen MR) is 99.9 cm³/mol. The molecule has 1 unspecified atom stereocenters. The fourth-order valence-corrected chi connectivity index (χ4v) is 5.12. The molecule has 1 atom stereocenters. The molecule has 0 radical (unpaired) electrons. The molecule has 0 aromatic heterocycles. The molecule has 0 amide bonds. The van der Waals surface area contributed by atoms with Crippen LogP contribution in [0.15, 0.2) is 57.8 Å². The SMILES string of the molecule is CC(SC1=NS(=O)(=O)c2cc(I)ccc2N1)c1ccccc1. The maximum absolute atomic E-state index is 12.3. The molecule has 0 bridgehead atoms. The number of sulfonamides is 1. The van der Waals surface area contributed by atoms with Crippen LogP contribution in [0.1, 0.15) is 17.7 Å². The van der Waals surface area contributed by atoms with Gasteiger partial charge in [-0.1, -0.05) is 42.1 Å². The lowest BCUT2D eigenvalue weighted by Crippen LogP contribution is -2.19. The van der Waals surface area contributed by atoms with Crippen LogP contribution in [-0.2, 0) is 10.0 Å². The maximum atomic E-state index is 12.3. The molecule has 0 fully saturated rings. The van der Waals surface area contributed by atoms with Gasteiger partial charge in [0, 0.05) is 8.82 Å². The molecule has 0 aliphatic carbocycles. The molecule has 0 saturated carbocycles. The molecule has 114 valence electrons. The largest absolute Gasteiger partial charge is 0.333 e. The summed E-state index contributed by atoms with van der Waals surface area (Å²) < 4.78 is 29.4. The Morgan fingerprint density at radius 1 is 1.18 bits per heavy atom. The first-order valence-corrected chi connectivity index (χ1v) is 9.99. The van der Waals surface area contributed by atoms with Crippen molar-refractivity contribution in [1.82, 2.24) is 0 Å². The van der Waals surface area contributed by atoms with Crippen LogP contribution in [0.5, 0.6) is 0 Å². The third kappa shape index (κ3) is 3.31. The fourth-order valence-electron chi connectivity index (χ4n) is 2.12. The Balaban J connectivity index is 1.89. The summed E-state index contributed by atoms with van der Waals surface area (Å²) >= 11 is 3.49. The Labute approximate surface area is 147 Å².